The molecule has 5 amide bonds. The molecule has 13 heteroatoms. The Morgan fingerprint density at radius 2 is 1.52 bits per heavy atom. The largest absolute Gasteiger partial charge is 0.480 e. The molecule has 1 heterocycles. The van der Waals surface area contributed by atoms with Crippen LogP contribution in [0.15, 0.2) is 0 Å². The molecule has 13 nitrogen and oxygen atoms in total. The van der Waals surface area contributed by atoms with Gasteiger partial charge in [0.05, 0.1) is 6.04 Å². The fourth-order valence-corrected chi connectivity index (χ4v) is 3.43. The van der Waals surface area contributed by atoms with E-state index in [4.69, 9.17) is 17.2 Å². The van der Waals surface area contributed by atoms with E-state index in [2.05, 4.69) is 10.6 Å². The molecule has 1 fully saturated rings. The van der Waals surface area contributed by atoms with Crippen molar-refractivity contribution in [3.63, 3.8) is 0 Å². The maximum absolute atomic E-state index is 13.2. The molecular weight excluding hydrogens is 436 g/mol. The second-order valence-corrected chi connectivity index (χ2v) is 8.43. The summed E-state index contributed by atoms with van der Waals surface area (Å²) in [4.78, 5) is 73.3. The van der Waals surface area contributed by atoms with E-state index in [1.54, 1.807) is 13.8 Å². The van der Waals surface area contributed by atoms with Crippen LogP contribution in [0.4, 0.5) is 0 Å². The van der Waals surface area contributed by atoms with Gasteiger partial charge in [-0.1, -0.05) is 13.8 Å². The first-order valence-corrected chi connectivity index (χ1v) is 10.8. The molecule has 0 spiro atoms. The first-order valence-electron chi connectivity index (χ1n) is 10.8. The number of aliphatic carboxylic acids is 1. The molecule has 0 aromatic rings. The number of nitrogens with two attached hydrogens (primary N) is 3. The minimum atomic E-state index is -1.35. The lowest BCUT2D eigenvalue weighted by Crippen LogP contribution is -2.57. The van der Waals surface area contributed by atoms with Crippen LogP contribution in [-0.2, 0) is 28.8 Å². The molecule has 1 saturated heterocycles. The zero-order valence-electron chi connectivity index (χ0n) is 18.9. The van der Waals surface area contributed by atoms with Gasteiger partial charge in [-0.3, -0.25) is 24.0 Å². The van der Waals surface area contributed by atoms with Crippen molar-refractivity contribution in [2.45, 2.75) is 76.5 Å². The van der Waals surface area contributed by atoms with Crippen LogP contribution in [0.25, 0.3) is 0 Å². The Kier molecular flexibility index (Phi) is 10.7. The Morgan fingerprint density at radius 1 is 0.970 bits per heavy atom. The minimum Gasteiger partial charge on any atom is -0.480 e. The number of carboxylic acid groups (broad SMARTS) is 1. The number of carbonyl (C=O) groups is 6. The Balaban J connectivity index is 2.97. The number of carboxylic acids is 1. The molecule has 0 radical (unpaired) electrons. The molecule has 33 heavy (non-hydrogen) atoms. The van der Waals surface area contributed by atoms with Gasteiger partial charge in [-0.2, -0.15) is 0 Å². The lowest BCUT2D eigenvalue weighted by atomic mass is 10.0. The third-order valence-electron chi connectivity index (χ3n) is 5.45. The highest BCUT2D eigenvalue weighted by Gasteiger charge is 2.39. The molecule has 9 N–H and O–H groups in total. The summed E-state index contributed by atoms with van der Waals surface area (Å²) in [6.45, 7) is 3.68. The standard InChI is InChI=1S/C20H34N6O7/c1-10(2)16(23)18(30)24-11(5-7-14(21)27)19(31)26-9-3-4-13(26)17(29)25-12(20(32)33)6-8-15(22)28/h10-13,16H,3-9,23H2,1-2H3,(H2,21,27)(H2,22,28)(H,24,30)(H,25,29)(H,32,33). The van der Waals surface area contributed by atoms with Crippen molar-refractivity contribution in [3.05, 3.63) is 0 Å². The van der Waals surface area contributed by atoms with E-state index >= 15 is 0 Å². The number of hydrogen-bond acceptors (Lipinski definition) is 7. The predicted octanol–water partition coefficient (Wildman–Crippen LogP) is -2.45. The van der Waals surface area contributed by atoms with Crippen molar-refractivity contribution in [1.29, 1.82) is 0 Å². The fraction of sp³-hybridized carbons (Fsp3) is 0.700. The second kappa shape index (κ2) is 12.7. The molecule has 0 bridgehead atoms. The zero-order valence-corrected chi connectivity index (χ0v) is 18.9. The number of amides is 5. The van der Waals surface area contributed by atoms with Crippen LogP contribution in [0.3, 0.4) is 0 Å². The number of carbonyl (C=O) groups excluding carboxylic acids is 5. The number of nitrogens with zero attached hydrogens (tertiary/aromatic N) is 1. The monoisotopic (exact) mass is 470 g/mol. The topological polar surface area (TPSA) is 228 Å². The van der Waals surface area contributed by atoms with Crippen molar-refractivity contribution >= 4 is 35.5 Å². The Morgan fingerprint density at radius 3 is 2.00 bits per heavy atom. The normalized spacial score (nSPS) is 18.3. The van der Waals surface area contributed by atoms with Gasteiger partial charge in [0.25, 0.3) is 0 Å². The highest BCUT2D eigenvalue weighted by Crippen LogP contribution is 2.20. The summed E-state index contributed by atoms with van der Waals surface area (Å²) >= 11 is 0. The van der Waals surface area contributed by atoms with Crippen LogP contribution >= 0.6 is 0 Å². The molecule has 0 aliphatic carbocycles. The van der Waals surface area contributed by atoms with Gasteiger partial charge in [0, 0.05) is 19.4 Å². The average molecular weight is 471 g/mol. The van der Waals surface area contributed by atoms with E-state index in [0.29, 0.717) is 6.42 Å². The molecular formula is C20H34N6O7. The molecule has 0 aromatic heterocycles. The molecule has 4 unspecified atom stereocenters. The summed E-state index contributed by atoms with van der Waals surface area (Å²) in [6.07, 6.45) is 0.0777. The smallest absolute Gasteiger partial charge is 0.326 e. The summed E-state index contributed by atoms with van der Waals surface area (Å²) < 4.78 is 0. The van der Waals surface area contributed by atoms with Crippen LogP contribution in [0.1, 0.15) is 52.4 Å². The van der Waals surface area contributed by atoms with Crippen LogP contribution in [0, 0.1) is 5.92 Å². The van der Waals surface area contributed by atoms with Gasteiger partial charge >= 0.3 is 5.97 Å². The molecule has 4 atom stereocenters. The van der Waals surface area contributed by atoms with Crippen molar-refractivity contribution in [2.24, 2.45) is 23.1 Å². The van der Waals surface area contributed by atoms with Gasteiger partial charge in [0.1, 0.15) is 18.1 Å². The first-order chi connectivity index (χ1) is 15.3. The van der Waals surface area contributed by atoms with Crippen LogP contribution in [0.5, 0.6) is 0 Å². The maximum atomic E-state index is 13.2. The molecule has 186 valence electrons. The van der Waals surface area contributed by atoms with Crippen molar-refractivity contribution in [3.8, 4) is 0 Å². The molecule has 0 aromatic carbocycles. The number of likely N-dealkylation sites (tertiary alicyclic amines) is 1. The van der Waals surface area contributed by atoms with Gasteiger partial charge in [0.15, 0.2) is 0 Å². The summed E-state index contributed by atoms with van der Waals surface area (Å²) in [5, 5.41) is 14.2. The quantitative estimate of drug-likeness (QED) is 0.169. The van der Waals surface area contributed by atoms with Gasteiger partial charge in [-0.25, -0.2) is 4.79 Å². The molecule has 0 saturated carbocycles. The lowest BCUT2D eigenvalue weighted by molar-refractivity contribution is -0.145. The molecule has 1 aliphatic rings. The number of primary amides is 2. The van der Waals surface area contributed by atoms with E-state index in [9.17, 15) is 33.9 Å². The third-order valence-corrected chi connectivity index (χ3v) is 5.45. The lowest BCUT2D eigenvalue weighted by Gasteiger charge is -2.30. The van der Waals surface area contributed by atoms with Crippen LogP contribution < -0.4 is 27.8 Å². The summed E-state index contributed by atoms with van der Waals surface area (Å²) in [6, 6.07) is -4.34. The highest BCUT2D eigenvalue weighted by molar-refractivity contribution is 5.95. The van der Waals surface area contributed by atoms with Gasteiger partial charge in [-0.15, -0.1) is 0 Å². The number of nitrogens with one attached hydrogen (secondary N) is 2. The van der Waals surface area contributed by atoms with Crippen molar-refractivity contribution in [2.75, 3.05) is 6.54 Å². The number of rotatable bonds is 13. The van der Waals surface area contributed by atoms with Gasteiger partial charge < -0.3 is 37.8 Å². The van der Waals surface area contributed by atoms with E-state index in [1.807, 2.05) is 0 Å². The third kappa shape index (κ3) is 8.67. The summed E-state index contributed by atoms with van der Waals surface area (Å²) in [5.74, 6) is -4.78. The Bertz CT molecular complexity index is 772. The minimum absolute atomic E-state index is 0.0775. The average Bonchev–Trinajstić information content (AvgIpc) is 3.22. The maximum Gasteiger partial charge on any atom is 0.326 e. The second-order valence-electron chi connectivity index (χ2n) is 8.43. The van der Waals surface area contributed by atoms with E-state index < -0.39 is 59.7 Å². The fourth-order valence-electron chi connectivity index (χ4n) is 3.43. The highest BCUT2D eigenvalue weighted by atomic mass is 16.4. The SMILES string of the molecule is CC(C)C(N)C(=O)NC(CCC(N)=O)C(=O)N1CCCC1C(=O)NC(CCC(N)=O)C(=O)O. The predicted molar refractivity (Wildman–Crippen MR) is 116 cm³/mol. The number of hydrogen-bond donors (Lipinski definition) is 6. The molecule has 1 rings (SSSR count). The van der Waals surface area contributed by atoms with Crippen LogP contribution in [-0.4, -0.2) is 76.2 Å². The van der Waals surface area contributed by atoms with Gasteiger partial charge in [0.2, 0.25) is 29.5 Å². The van der Waals surface area contributed by atoms with Crippen LogP contribution in [0.2, 0.25) is 0 Å². The summed E-state index contributed by atoms with van der Waals surface area (Å²) in [5.41, 5.74) is 16.1. The van der Waals surface area contributed by atoms with Crippen molar-refractivity contribution < 1.29 is 33.9 Å². The first kappa shape index (κ1) is 27.8. The van der Waals surface area contributed by atoms with E-state index in [-0.39, 0.29) is 44.6 Å². The van der Waals surface area contributed by atoms with E-state index in [0.717, 1.165) is 0 Å². The summed E-state index contributed by atoms with van der Waals surface area (Å²) in [7, 11) is 0. The van der Waals surface area contributed by atoms with Gasteiger partial charge in [-0.05, 0) is 31.6 Å². The van der Waals surface area contributed by atoms with E-state index in [1.165, 1.54) is 4.90 Å². The Hall–Kier alpha value is -3.22. The van der Waals surface area contributed by atoms with Crippen molar-refractivity contribution in [1.82, 2.24) is 15.5 Å². The Labute approximate surface area is 191 Å². The molecule has 1 aliphatic heterocycles. The zero-order chi connectivity index (χ0) is 25.3.